The molecule has 0 spiro atoms. The average molecular weight is 807 g/mol. The maximum atomic E-state index is 13.0. The van der Waals surface area contributed by atoms with Gasteiger partial charge in [-0.25, -0.2) is 0 Å². The first kappa shape index (κ1) is 49.0. The average Bonchev–Trinajstić information content (AvgIpc) is 3.21. The standard InChI is InChI=1S/C50H78O8/c1-7-11-15-19-23-31-53-35-41(57-47(51)25-21-17-13-9-3)37-55-49-43-29-27-40(6)34-46(43)50(44-30-28-39(5)33-45(44)49)56-38-42(36-54-32-24-20-16-12-8-2)58-48(52)26-22-18-14-10-4/h27-30,33-34,41-42H,7-26,31-32,35-38H2,1-6H3. The van der Waals surface area contributed by atoms with Crippen molar-refractivity contribution in [3.05, 3.63) is 47.5 Å². The van der Waals surface area contributed by atoms with Gasteiger partial charge in [0.1, 0.15) is 24.7 Å². The zero-order valence-electron chi connectivity index (χ0n) is 37.3. The zero-order chi connectivity index (χ0) is 41.8. The minimum Gasteiger partial charge on any atom is -0.488 e. The van der Waals surface area contributed by atoms with Crippen molar-refractivity contribution in [2.45, 2.75) is 182 Å². The summed E-state index contributed by atoms with van der Waals surface area (Å²) in [6.07, 6.45) is 19.3. The van der Waals surface area contributed by atoms with E-state index < -0.39 is 12.2 Å². The first-order valence-electron chi connectivity index (χ1n) is 23.1. The maximum Gasteiger partial charge on any atom is 0.306 e. The molecule has 8 nitrogen and oxygen atoms in total. The highest BCUT2D eigenvalue weighted by atomic mass is 16.6. The minimum atomic E-state index is -0.547. The number of fused-ring (bicyclic) bond motifs is 2. The number of carbonyl (C=O) groups is 2. The lowest BCUT2D eigenvalue weighted by molar-refractivity contribution is -0.155. The largest absolute Gasteiger partial charge is 0.488 e. The van der Waals surface area contributed by atoms with Crippen LogP contribution in [-0.4, -0.2) is 63.8 Å². The molecule has 8 heteroatoms. The number of hydrogen-bond donors (Lipinski definition) is 0. The predicted octanol–water partition coefficient (Wildman–Crippen LogP) is 13.1. The smallest absolute Gasteiger partial charge is 0.306 e. The van der Waals surface area contributed by atoms with E-state index in [1.54, 1.807) is 0 Å². The van der Waals surface area contributed by atoms with Gasteiger partial charge in [0.15, 0.2) is 12.2 Å². The second-order valence-electron chi connectivity index (χ2n) is 16.2. The third-order valence-electron chi connectivity index (χ3n) is 10.6. The summed E-state index contributed by atoms with van der Waals surface area (Å²) in [5.74, 6) is 1.01. The number of ether oxygens (including phenoxy) is 6. The molecule has 3 rings (SSSR count). The molecule has 0 amide bonds. The molecule has 58 heavy (non-hydrogen) atoms. The van der Waals surface area contributed by atoms with Crippen LogP contribution in [-0.2, 0) is 28.5 Å². The Hall–Kier alpha value is -3.36. The van der Waals surface area contributed by atoms with E-state index in [1.165, 1.54) is 38.5 Å². The molecular weight excluding hydrogens is 729 g/mol. The first-order valence-corrected chi connectivity index (χ1v) is 23.1. The van der Waals surface area contributed by atoms with Gasteiger partial charge in [-0.15, -0.1) is 0 Å². The molecule has 2 unspecified atom stereocenters. The van der Waals surface area contributed by atoms with Crippen molar-refractivity contribution in [2.24, 2.45) is 0 Å². The molecule has 2 atom stereocenters. The van der Waals surface area contributed by atoms with Crippen molar-refractivity contribution in [1.82, 2.24) is 0 Å². The fraction of sp³-hybridized carbons (Fsp3) is 0.680. The van der Waals surface area contributed by atoms with Crippen molar-refractivity contribution in [1.29, 1.82) is 0 Å². The van der Waals surface area contributed by atoms with Crippen molar-refractivity contribution < 1.29 is 38.0 Å². The number of benzene rings is 3. The van der Waals surface area contributed by atoms with Gasteiger partial charge in [-0.1, -0.05) is 153 Å². The Kier molecular flexibility index (Phi) is 25.2. The molecule has 0 bridgehead atoms. The number of rotatable bonds is 34. The lowest BCUT2D eigenvalue weighted by Crippen LogP contribution is -2.30. The molecule has 0 fully saturated rings. The summed E-state index contributed by atoms with van der Waals surface area (Å²) in [6, 6.07) is 12.5. The van der Waals surface area contributed by atoms with Gasteiger partial charge >= 0.3 is 11.9 Å². The SMILES string of the molecule is CCCCCCCOCC(COc1c2ccc(C)cc2c(OCC(COCCCCCCC)OC(=O)CCCCCC)c2ccc(C)cc12)OC(=O)CCCCCC. The Labute approximate surface area is 351 Å². The number of unbranched alkanes of at least 4 members (excludes halogenated alkanes) is 14. The minimum absolute atomic E-state index is 0.162. The highest BCUT2D eigenvalue weighted by Crippen LogP contribution is 2.44. The second kappa shape index (κ2) is 29.8. The third-order valence-corrected chi connectivity index (χ3v) is 10.6. The second-order valence-corrected chi connectivity index (χ2v) is 16.2. The topological polar surface area (TPSA) is 89.5 Å². The van der Waals surface area contributed by atoms with E-state index in [0.29, 0.717) is 37.6 Å². The Balaban J connectivity index is 1.87. The molecule has 0 aliphatic carbocycles. The fourth-order valence-corrected chi connectivity index (χ4v) is 7.20. The monoisotopic (exact) mass is 807 g/mol. The summed E-state index contributed by atoms with van der Waals surface area (Å²) >= 11 is 0. The molecule has 0 aromatic heterocycles. The quantitative estimate of drug-likeness (QED) is 0.0335. The molecule has 0 aliphatic rings. The summed E-state index contributed by atoms with van der Waals surface area (Å²) in [5, 5.41) is 3.60. The summed E-state index contributed by atoms with van der Waals surface area (Å²) in [4.78, 5) is 26.0. The Bertz CT molecular complexity index is 1470. The molecule has 0 saturated heterocycles. The van der Waals surface area contributed by atoms with Crippen LogP contribution in [0.25, 0.3) is 21.5 Å². The van der Waals surface area contributed by atoms with E-state index >= 15 is 0 Å². The maximum absolute atomic E-state index is 13.0. The number of carbonyl (C=O) groups excluding carboxylic acids is 2. The summed E-state index contributed by atoms with van der Waals surface area (Å²) in [6.45, 7) is 15.0. The van der Waals surface area contributed by atoms with Gasteiger partial charge in [0.25, 0.3) is 0 Å². The van der Waals surface area contributed by atoms with Crippen LogP contribution in [0.5, 0.6) is 11.5 Å². The lowest BCUT2D eigenvalue weighted by atomic mass is 9.97. The van der Waals surface area contributed by atoms with Crippen LogP contribution in [0.2, 0.25) is 0 Å². The molecule has 0 N–H and O–H groups in total. The van der Waals surface area contributed by atoms with Gasteiger partial charge in [-0.05, 0) is 51.7 Å². The van der Waals surface area contributed by atoms with Crippen LogP contribution in [0.1, 0.15) is 167 Å². The highest BCUT2D eigenvalue weighted by molar-refractivity contribution is 6.11. The lowest BCUT2D eigenvalue weighted by Gasteiger charge is -2.23. The summed E-state index contributed by atoms with van der Waals surface area (Å²) < 4.78 is 37.7. The van der Waals surface area contributed by atoms with Gasteiger partial charge in [0.2, 0.25) is 0 Å². The van der Waals surface area contributed by atoms with E-state index in [1.807, 2.05) is 0 Å². The molecule has 0 heterocycles. The van der Waals surface area contributed by atoms with Gasteiger partial charge < -0.3 is 28.4 Å². The van der Waals surface area contributed by atoms with Gasteiger partial charge in [-0.2, -0.15) is 0 Å². The van der Waals surface area contributed by atoms with Crippen molar-refractivity contribution in [2.75, 3.05) is 39.6 Å². The summed E-state index contributed by atoms with van der Waals surface area (Å²) in [7, 11) is 0. The van der Waals surface area contributed by atoms with Crippen LogP contribution in [0, 0.1) is 13.8 Å². The predicted molar refractivity (Wildman–Crippen MR) is 238 cm³/mol. The van der Waals surface area contributed by atoms with Crippen molar-refractivity contribution in [3.63, 3.8) is 0 Å². The molecule has 326 valence electrons. The van der Waals surface area contributed by atoms with Gasteiger partial charge in [0.05, 0.1) is 13.2 Å². The van der Waals surface area contributed by atoms with E-state index in [4.69, 9.17) is 28.4 Å². The van der Waals surface area contributed by atoms with Gasteiger partial charge in [0, 0.05) is 47.6 Å². The number of hydrogen-bond acceptors (Lipinski definition) is 8. The van der Waals surface area contributed by atoms with Crippen LogP contribution >= 0.6 is 0 Å². The Morgan fingerprint density at radius 3 is 1.19 bits per heavy atom. The molecular formula is C50H78O8. The Morgan fingerprint density at radius 2 is 0.810 bits per heavy atom. The number of aryl methyl sites for hydroxylation is 2. The molecule has 3 aromatic rings. The fourth-order valence-electron chi connectivity index (χ4n) is 7.20. The van der Waals surface area contributed by atoms with Crippen LogP contribution in [0.15, 0.2) is 36.4 Å². The van der Waals surface area contributed by atoms with Crippen molar-refractivity contribution in [3.8, 4) is 11.5 Å². The van der Waals surface area contributed by atoms with Crippen molar-refractivity contribution >= 4 is 33.5 Å². The van der Waals surface area contributed by atoms with Crippen LogP contribution in [0.3, 0.4) is 0 Å². The van der Waals surface area contributed by atoms with Crippen LogP contribution < -0.4 is 9.47 Å². The highest BCUT2D eigenvalue weighted by Gasteiger charge is 2.23. The molecule has 0 saturated carbocycles. The molecule has 0 radical (unpaired) electrons. The molecule has 3 aromatic carbocycles. The van der Waals surface area contributed by atoms with E-state index in [0.717, 1.165) is 110 Å². The normalized spacial score (nSPS) is 12.5. The third kappa shape index (κ3) is 18.7. The number of esters is 2. The van der Waals surface area contributed by atoms with Gasteiger partial charge in [-0.3, -0.25) is 9.59 Å². The van der Waals surface area contributed by atoms with E-state index in [2.05, 4.69) is 77.9 Å². The van der Waals surface area contributed by atoms with E-state index in [9.17, 15) is 9.59 Å². The summed E-state index contributed by atoms with van der Waals surface area (Å²) in [5.41, 5.74) is 2.16. The Morgan fingerprint density at radius 1 is 0.448 bits per heavy atom. The molecule has 0 aliphatic heterocycles. The zero-order valence-corrected chi connectivity index (χ0v) is 37.3. The van der Waals surface area contributed by atoms with Crippen LogP contribution in [0.4, 0.5) is 0 Å². The van der Waals surface area contributed by atoms with E-state index in [-0.39, 0.29) is 38.4 Å². The first-order chi connectivity index (χ1) is 28.3.